The van der Waals surface area contributed by atoms with Crippen LogP contribution in [0.25, 0.3) is 0 Å². The zero-order chi connectivity index (χ0) is 64.0. The molecule has 30 heteroatoms. The number of sulfonamides is 3. The van der Waals surface area contributed by atoms with E-state index in [-0.39, 0.29) is 82.2 Å². The van der Waals surface area contributed by atoms with E-state index in [2.05, 4.69) is 16.0 Å². The molecule has 0 aromatic heterocycles. The van der Waals surface area contributed by atoms with E-state index in [1.807, 2.05) is 23.6 Å². The minimum absolute atomic E-state index is 0. The summed E-state index contributed by atoms with van der Waals surface area (Å²) in [4.78, 5) is 27.4. The molecule has 16 nitrogen and oxygen atoms in total. The number of benzene rings is 4. The maximum absolute atomic E-state index is 13.4. The molecule has 3 aliphatic carbocycles. The maximum atomic E-state index is 13.4. The second-order valence-corrected chi connectivity index (χ2v) is 29.1. The highest BCUT2D eigenvalue weighted by Crippen LogP contribution is 2.41. The van der Waals surface area contributed by atoms with Crippen molar-refractivity contribution in [1.29, 1.82) is 0 Å². The summed E-state index contributed by atoms with van der Waals surface area (Å²) in [5.74, 6) is -0.501. The van der Waals surface area contributed by atoms with E-state index in [9.17, 15) is 78.7 Å². The summed E-state index contributed by atoms with van der Waals surface area (Å²) in [6, 6.07) is 15.6. The van der Waals surface area contributed by atoms with Crippen LogP contribution in [0.15, 0.2) is 112 Å². The van der Waals surface area contributed by atoms with Gasteiger partial charge in [-0.1, -0.05) is 32.0 Å². The number of nitrogens with zero attached hydrogens (tertiary/aromatic N) is 5. The summed E-state index contributed by atoms with van der Waals surface area (Å²) in [6.07, 6.45) is -5.40. The highest BCUT2D eigenvalue weighted by Gasteiger charge is 2.48. The topological polar surface area (TPSA) is 189 Å². The van der Waals surface area contributed by atoms with Crippen LogP contribution in [0.1, 0.15) is 108 Å². The summed E-state index contributed by atoms with van der Waals surface area (Å²) < 4.78 is 214. The average Bonchev–Trinajstić information content (AvgIpc) is 1.79. The van der Waals surface area contributed by atoms with Crippen molar-refractivity contribution in [2.24, 2.45) is 5.92 Å². The minimum atomic E-state index is -4.64. The van der Waals surface area contributed by atoms with Crippen LogP contribution in [0.2, 0.25) is 0 Å². The summed E-state index contributed by atoms with van der Waals surface area (Å²) >= 11 is 0. The first-order valence-corrected chi connectivity index (χ1v) is 33.7. The summed E-state index contributed by atoms with van der Waals surface area (Å²) in [6.45, 7) is 8.16. The standard InChI is InChI=1S/C23H25F4N3O3S.C21H30F3N3O3S.C15H19F3N2O2S.ClH/c24-17-6-8-18(9-7-17)28-22(31)15-29-12-2-4-20(14-29)30(19-10-11-19)34(32,33)21-5-1-3-16(13-21)23(25,26)27;1-15(2)12-25-20(28)14-26-10-4-6-18(13-26)27(17-8-9-17)31(29,30)19-7-3-5-16(11-19)21(22,23)24;16-15(17,18)11-3-1-5-14(9-11)23(21,22)20(12-6-7-12)13-4-2-8-19-10-13;/h1,3,5-9,13,19-20H,2,4,10-12,14-15H2,(H,28,31);3,5,7,11,15,17-18H,4,6,8-10,12-14H2,1-2H3,(H,25,28);1,3,5,9,12-13,19H,2,4,6-8,10H2;1H. The fourth-order valence-corrected chi connectivity index (χ4v) is 17.1. The van der Waals surface area contributed by atoms with Crippen molar-refractivity contribution in [2.75, 3.05) is 64.2 Å². The zero-order valence-corrected chi connectivity index (χ0v) is 52.3. The van der Waals surface area contributed by atoms with Crippen LogP contribution in [-0.2, 0) is 58.2 Å². The molecular formula is C59H75ClF10N8O8S3. The number of halogens is 11. The van der Waals surface area contributed by atoms with Crippen LogP contribution >= 0.6 is 12.4 Å². The van der Waals surface area contributed by atoms with E-state index in [4.69, 9.17) is 0 Å². The highest BCUT2D eigenvalue weighted by atomic mass is 35.5. The van der Waals surface area contributed by atoms with Gasteiger partial charge in [0.1, 0.15) is 5.82 Å². The molecule has 2 amide bonds. The Morgan fingerprint density at radius 1 is 0.528 bits per heavy atom. The van der Waals surface area contributed by atoms with Gasteiger partial charge in [0.05, 0.1) is 44.5 Å². The summed E-state index contributed by atoms with van der Waals surface area (Å²) in [5.41, 5.74) is -2.47. The molecule has 3 saturated heterocycles. The molecule has 3 saturated carbocycles. The van der Waals surface area contributed by atoms with Crippen molar-refractivity contribution >= 4 is 60.0 Å². The van der Waals surface area contributed by atoms with Gasteiger partial charge in [-0.2, -0.15) is 52.4 Å². The van der Waals surface area contributed by atoms with E-state index in [0.717, 1.165) is 81.1 Å². The van der Waals surface area contributed by atoms with Crippen LogP contribution in [0.5, 0.6) is 0 Å². The smallest absolute Gasteiger partial charge is 0.355 e. The van der Waals surface area contributed by atoms with Gasteiger partial charge < -0.3 is 16.0 Å². The number of rotatable bonds is 19. The molecule has 89 heavy (non-hydrogen) atoms. The van der Waals surface area contributed by atoms with Crippen molar-refractivity contribution in [1.82, 2.24) is 33.3 Å². The number of hydrogen-bond donors (Lipinski definition) is 3. The first-order chi connectivity index (χ1) is 41.3. The second kappa shape index (κ2) is 29.7. The highest BCUT2D eigenvalue weighted by molar-refractivity contribution is 7.89. The van der Waals surface area contributed by atoms with Gasteiger partial charge in [0, 0.05) is 68.1 Å². The molecule has 3 atom stereocenters. The average molecular weight is 1350 g/mol. The Kier molecular flexibility index (Phi) is 23.9. The monoisotopic (exact) mass is 1340 g/mol. The maximum Gasteiger partial charge on any atom is 0.416 e. The molecule has 0 radical (unpaired) electrons. The summed E-state index contributed by atoms with van der Waals surface area (Å²) in [7, 11) is -12.2. The Hall–Kier alpha value is -4.98. The van der Waals surface area contributed by atoms with Gasteiger partial charge in [-0.15, -0.1) is 12.4 Å². The number of piperidine rings is 3. The van der Waals surface area contributed by atoms with Gasteiger partial charge in [-0.05, 0) is 181 Å². The molecule has 0 bridgehead atoms. The van der Waals surface area contributed by atoms with E-state index in [1.165, 1.54) is 55.4 Å². The Bertz CT molecular complexity index is 3390. The molecule has 3 unspecified atom stereocenters. The quantitative estimate of drug-likeness (QED) is 0.0758. The number of hydrogen-bond acceptors (Lipinski definition) is 11. The lowest BCUT2D eigenvalue weighted by molar-refractivity contribution is -0.138. The summed E-state index contributed by atoms with van der Waals surface area (Å²) in [5, 5.41) is 8.72. The number of alkyl halides is 9. The van der Waals surface area contributed by atoms with Crippen molar-refractivity contribution in [2.45, 2.75) is 160 Å². The molecular weight excluding hydrogens is 1270 g/mol. The zero-order valence-electron chi connectivity index (χ0n) is 49.0. The molecule has 0 spiro atoms. The predicted molar refractivity (Wildman–Crippen MR) is 315 cm³/mol. The van der Waals surface area contributed by atoms with E-state index in [1.54, 1.807) is 0 Å². The lowest BCUT2D eigenvalue weighted by Crippen LogP contribution is -2.52. The third-order valence-electron chi connectivity index (χ3n) is 15.8. The fraction of sp³-hybridized carbons (Fsp3) is 0.559. The molecule has 6 aliphatic rings. The van der Waals surface area contributed by atoms with E-state index < -0.39 is 77.1 Å². The van der Waals surface area contributed by atoms with Crippen LogP contribution in [-0.4, -0.2) is 155 Å². The Morgan fingerprint density at radius 3 is 1.25 bits per heavy atom. The van der Waals surface area contributed by atoms with Crippen molar-refractivity contribution in [3.8, 4) is 0 Å². The fourth-order valence-electron chi connectivity index (χ4n) is 11.3. The molecule has 6 fully saturated rings. The molecule has 4 aromatic rings. The van der Waals surface area contributed by atoms with Crippen LogP contribution in [0.4, 0.5) is 49.6 Å². The van der Waals surface area contributed by atoms with E-state index in [0.29, 0.717) is 108 Å². The van der Waals surface area contributed by atoms with Crippen molar-refractivity contribution in [3.05, 3.63) is 120 Å². The van der Waals surface area contributed by atoms with Gasteiger partial charge in [0.2, 0.25) is 41.9 Å². The van der Waals surface area contributed by atoms with Crippen molar-refractivity contribution < 1.29 is 78.7 Å². The number of amides is 2. The van der Waals surface area contributed by atoms with Crippen LogP contribution in [0.3, 0.4) is 0 Å². The Balaban J connectivity index is 0.000000192. The number of nitrogens with one attached hydrogen (secondary N) is 3. The second-order valence-electron chi connectivity index (χ2n) is 23.6. The van der Waals surface area contributed by atoms with Gasteiger partial charge in [0.25, 0.3) is 0 Å². The van der Waals surface area contributed by atoms with Gasteiger partial charge in [-0.25, -0.2) is 29.6 Å². The van der Waals surface area contributed by atoms with Crippen LogP contribution < -0.4 is 16.0 Å². The molecule has 3 heterocycles. The lowest BCUT2D eigenvalue weighted by atomic mass is 10.1. The number of anilines is 1. The minimum Gasteiger partial charge on any atom is -0.355 e. The third kappa shape index (κ3) is 19.5. The van der Waals surface area contributed by atoms with E-state index >= 15 is 0 Å². The third-order valence-corrected chi connectivity index (χ3v) is 21.8. The molecule has 494 valence electrons. The Morgan fingerprint density at radius 2 is 0.899 bits per heavy atom. The lowest BCUT2D eigenvalue weighted by Gasteiger charge is -2.38. The first kappa shape index (κ1) is 71.5. The SMILES string of the molecule is CC(C)CNC(=O)CN1CCCC(N(C2CC2)S(=O)(=O)c2cccc(C(F)(F)F)c2)C1.Cl.O=C(CN1CCCC(N(C2CC2)S(=O)(=O)c2cccc(C(F)(F)F)c2)C1)Nc1ccc(F)cc1.O=S(=O)(c1cccc(C(F)(F)F)c1)N(C1CC1)C1CCCNC1. The number of likely N-dealkylation sites (tertiary alicyclic amines) is 2. The van der Waals surface area contributed by atoms with Crippen LogP contribution in [0, 0.1) is 11.7 Å². The molecule has 3 aliphatic heterocycles. The first-order valence-electron chi connectivity index (χ1n) is 29.4. The molecule has 10 rings (SSSR count). The largest absolute Gasteiger partial charge is 0.416 e. The van der Waals surface area contributed by atoms with Crippen molar-refractivity contribution in [3.63, 3.8) is 0 Å². The molecule has 4 aromatic carbocycles. The predicted octanol–water partition coefficient (Wildman–Crippen LogP) is 10.2. The molecule has 3 N–H and O–H groups in total. The number of carbonyl (C=O) groups excluding carboxylic acids is 2. The van der Waals surface area contributed by atoms with Gasteiger partial charge >= 0.3 is 18.5 Å². The Labute approximate surface area is 519 Å². The van der Waals surface area contributed by atoms with Gasteiger partial charge in [-0.3, -0.25) is 19.4 Å². The number of carbonyl (C=O) groups is 2. The normalized spacial score (nSPS) is 20.9. The van der Waals surface area contributed by atoms with Gasteiger partial charge in [0.15, 0.2) is 0 Å².